The van der Waals surface area contributed by atoms with Crippen molar-refractivity contribution >= 4 is 0 Å². The normalized spacial score (nSPS) is 14.9. The average Bonchev–Trinajstić information content (AvgIpc) is 2.28. The van der Waals surface area contributed by atoms with Crippen molar-refractivity contribution in [2.24, 2.45) is 0 Å². The standard InChI is InChI=1S/C12H18O2/c1-4-12(2,9-13)10-7-5-6-8-11(10)14-3/h5-8,13H,4,9H2,1-3H3. The quantitative estimate of drug-likeness (QED) is 0.797. The van der Waals surface area contributed by atoms with E-state index in [-0.39, 0.29) is 12.0 Å². The molecule has 0 aromatic heterocycles. The average molecular weight is 194 g/mol. The lowest BCUT2D eigenvalue weighted by atomic mass is 9.80. The van der Waals surface area contributed by atoms with E-state index in [2.05, 4.69) is 6.92 Å². The monoisotopic (exact) mass is 194 g/mol. The third-order valence-corrected chi connectivity index (χ3v) is 2.89. The molecular weight excluding hydrogens is 176 g/mol. The van der Waals surface area contributed by atoms with Crippen LogP contribution >= 0.6 is 0 Å². The number of aliphatic hydroxyl groups excluding tert-OH is 1. The molecule has 0 heterocycles. The Labute approximate surface area is 85.5 Å². The predicted octanol–water partition coefficient (Wildman–Crippen LogP) is 2.36. The number of para-hydroxylation sites is 1. The van der Waals surface area contributed by atoms with Gasteiger partial charge in [0.2, 0.25) is 0 Å². The maximum atomic E-state index is 9.40. The number of ether oxygens (including phenoxy) is 1. The van der Waals surface area contributed by atoms with Gasteiger partial charge in [0.05, 0.1) is 13.7 Å². The summed E-state index contributed by atoms with van der Waals surface area (Å²) in [6, 6.07) is 7.86. The maximum absolute atomic E-state index is 9.40. The molecule has 0 amide bonds. The Hall–Kier alpha value is -1.02. The van der Waals surface area contributed by atoms with Gasteiger partial charge in [0.1, 0.15) is 5.75 Å². The molecule has 0 spiro atoms. The Bertz CT molecular complexity index is 290. The first kappa shape index (κ1) is 11.1. The van der Waals surface area contributed by atoms with Gasteiger partial charge < -0.3 is 9.84 Å². The van der Waals surface area contributed by atoms with Crippen LogP contribution in [0, 0.1) is 0 Å². The minimum atomic E-state index is -0.202. The van der Waals surface area contributed by atoms with Crippen LogP contribution in [0.5, 0.6) is 5.75 Å². The minimum Gasteiger partial charge on any atom is -0.496 e. The van der Waals surface area contributed by atoms with Gasteiger partial charge in [-0.1, -0.05) is 32.0 Å². The molecule has 0 aliphatic rings. The zero-order chi connectivity index (χ0) is 10.6. The molecule has 0 saturated carbocycles. The van der Waals surface area contributed by atoms with Gasteiger partial charge in [0.25, 0.3) is 0 Å². The lowest BCUT2D eigenvalue weighted by Crippen LogP contribution is -2.26. The number of methoxy groups -OCH3 is 1. The maximum Gasteiger partial charge on any atom is 0.122 e. The van der Waals surface area contributed by atoms with E-state index in [1.54, 1.807) is 7.11 Å². The van der Waals surface area contributed by atoms with Crippen molar-refractivity contribution in [3.63, 3.8) is 0 Å². The molecule has 0 saturated heterocycles. The van der Waals surface area contributed by atoms with Crippen molar-refractivity contribution in [1.82, 2.24) is 0 Å². The van der Waals surface area contributed by atoms with E-state index in [0.717, 1.165) is 17.7 Å². The molecule has 1 N–H and O–H groups in total. The molecule has 78 valence electrons. The highest BCUT2D eigenvalue weighted by Crippen LogP contribution is 2.33. The molecule has 0 radical (unpaired) electrons. The molecule has 1 aromatic carbocycles. The van der Waals surface area contributed by atoms with Crippen LogP contribution in [0.4, 0.5) is 0 Å². The van der Waals surface area contributed by atoms with Gasteiger partial charge in [0, 0.05) is 11.0 Å². The third kappa shape index (κ3) is 1.90. The van der Waals surface area contributed by atoms with Crippen LogP contribution in [0.15, 0.2) is 24.3 Å². The number of hydrogen-bond donors (Lipinski definition) is 1. The molecule has 14 heavy (non-hydrogen) atoms. The van der Waals surface area contributed by atoms with Gasteiger partial charge >= 0.3 is 0 Å². The van der Waals surface area contributed by atoms with Crippen molar-refractivity contribution in [3.8, 4) is 5.75 Å². The van der Waals surface area contributed by atoms with Gasteiger partial charge in [0.15, 0.2) is 0 Å². The smallest absolute Gasteiger partial charge is 0.122 e. The summed E-state index contributed by atoms with van der Waals surface area (Å²) in [7, 11) is 1.66. The zero-order valence-electron chi connectivity index (χ0n) is 9.08. The molecule has 0 fully saturated rings. The van der Waals surface area contributed by atoms with Crippen LogP contribution in [-0.4, -0.2) is 18.8 Å². The van der Waals surface area contributed by atoms with Crippen LogP contribution in [0.1, 0.15) is 25.8 Å². The minimum absolute atomic E-state index is 0.143. The Morgan fingerprint density at radius 3 is 2.50 bits per heavy atom. The Morgan fingerprint density at radius 2 is 2.00 bits per heavy atom. The van der Waals surface area contributed by atoms with Crippen molar-refractivity contribution < 1.29 is 9.84 Å². The first-order valence-electron chi connectivity index (χ1n) is 4.92. The SMILES string of the molecule is CCC(C)(CO)c1ccccc1OC. The third-order valence-electron chi connectivity index (χ3n) is 2.89. The molecule has 1 rings (SSSR count). The summed E-state index contributed by atoms with van der Waals surface area (Å²) < 4.78 is 5.28. The van der Waals surface area contributed by atoms with Gasteiger partial charge in [-0.15, -0.1) is 0 Å². The molecular formula is C12H18O2. The lowest BCUT2D eigenvalue weighted by Gasteiger charge is -2.27. The number of rotatable bonds is 4. The Morgan fingerprint density at radius 1 is 1.36 bits per heavy atom. The first-order chi connectivity index (χ1) is 6.68. The summed E-state index contributed by atoms with van der Waals surface area (Å²) in [6.45, 7) is 4.26. The second kappa shape index (κ2) is 4.47. The fourth-order valence-electron chi connectivity index (χ4n) is 1.53. The van der Waals surface area contributed by atoms with Gasteiger partial charge in [-0.2, -0.15) is 0 Å². The van der Waals surface area contributed by atoms with E-state index in [0.29, 0.717) is 0 Å². The number of hydrogen-bond acceptors (Lipinski definition) is 2. The summed E-state index contributed by atoms with van der Waals surface area (Å²) >= 11 is 0. The molecule has 0 aliphatic carbocycles. The van der Waals surface area contributed by atoms with Gasteiger partial charge in [-0.25, -0.2) is 0 Å². The van der Waals surface area contributed by atoms with Gasteiger partial charge in [-0.3, -0.25) is 0 Å². The Kier molecular flexibility index (Phi) is 3.53. The summed E-state index contributed by atoms with van der Waals surface area (Å²) in [5, 5.41) is 9.40. The highest BCUT2D eigenvalue weighted by Gasteiger charge is 2.26. The molecule has 0 bridgehead atoms. The molecule has 1 aromatic rings. The molecule has 2 nitrogen and oxygen atoms in total. The van der Waals surface area contributed by atoms with E-state index in [1.807, 2.05) is 31.2 Å². The van der Waals surface area contributed by atoms with Crippen LogP contribution in [0.2, 0.25) is 0 Å². The summed E-state index contributed by atoms with van der Waals surface area (Å²) in [5.41, 5.74) is 0.875. The number of aliphatic hydroxyl groups is 1. The summed E-state index contributed by atoms with van der Waals surface area (Å²) in [4.78, 5) is 0. The van der Waals surface area contributed by atoms with Crippen molar-refractivity contribution in [2.75, 3.05) is 13.7 Å². The Balaban J connectivity index is 3.15. The van der Waals surface area contributed by atoms with E-state index in [4.69, 9.17) is 4.74 Å². The van der Waals surface area contributed by atoms with Crippen molar-refractivity contribution in [3.05, 3.63) is 29.8 Å². The fraction of sp³-hybridized carbons (Fsp3) is 0.500. The fourth-order valence-corrected chi connectivity index (χ4v) is 1.53. The van der Waals surface area contributed by atoms with Crippen molar-refractivity contribution in [1.29, 1.82) is 0 Å². The van der Waals surface area contributed by atoms with Crippen LogP contribution in [0.25, 0.3) is 0 Å². The predicted molar refractivity (Wildman–Crippen MR) is 57.7 cm³/mol. The molecule has 1 unspecified atom stereocenters. The van der Waals surface area contributed by atoms with Gasteiger partial charge in [-0.05, 0) is 12.5 Å². The summed E-state index contributed by atoms with van der Waals surface area (Å²) in [6.07, 6.45) is 0.893. The van der Waals surface area contributed by atoms with E-state index >= 15 is 0 Å². The van der Waals surface area contributed by atoms with Crippen molar-refractivity contribution in [2.45, 2.75) is 25.7 Å². The van der Waals surface area contributed by atoms with E-state index in [9.17, 15) is 5.11 Å². The lowest BCUT2D eigenvalue weighted by molar-refractivity contribution is 0.198. The van der Waals surface area contributed by atoms with Crippen LogP contribution in [-0.2, 0) is 5.41 Å². The highest BCUT2D eigenvalue weighted by molar-refractivity contribution is 5.39. The van der Waals surface area contributed by atoms with Crippen LogP contribution < -0.4 is 4.74 Å². The second-order valence-corrected chi connectivity index (χ2v) is 3.77. The van der Waals surface area contributed by atoms with E-state index < -0.39 is 0 Å². The highest BCUT2D eigenvalue weighted by atomic mass is 16.5. The molecule has 0 aliphatic heterocycles. The molecule has 1 atom stereocenters. The topological polar surface area (TPSA) is 29.5 Å². The van der Waals surface area contributed by atoms with E-state index in [1.165, 1.54) is 0 Å². The van der Waals surface area contributed by atoms with Crippen LogP contribution in [0.3, 0.4) is 0 Å². The largest absolute Gasteiger partial charge is 0.496 e. The zero-order valence-corrected chi connectivity index (χ0v) is 9.08. The second-order valence-electron chi connectivity index (χ2n) is 3.77. The summed E-state index contributed by atoms with van der Waals surface area (Å²) in [5.74, 6) is 0.853. The first-order valence-corrected chi connectivity index (χ1v) is 4.92. The number of benzene rings is 1. The molecule has 2 heteroatoms.